The maximum absolute atomic E-state index is 10.8. The summed E-state index contributed by atoms with van der Waals surface area (Å²) in [5.74, 6) is -0.828. The van der Waals surface area contributed by atoms with Gasteiger partial charge in [0.05, 0.1) is 6.61 Å². The van der Waals surface area contributed by atoms with E-state index < -0.39 is 5.97 Å². The van der Waals surface area contributed by atoms with Gasteiger partial charge in [-0.25, -0.2) is 4.79 Å². The molecule has 1 N–H and O–H groups in total. The van der Waals surface area contributed by atoms with Crippen LogP contribution in [0.25, 0.3) is 0 Å². The molecule has 1 aliphatic rings. The highest BCUT2D eigenvalue weighted by molar-refractivity contribution is 5.85. The van der Waals surface area contributed by atoms with Gasteiger partial charge in [0, 0.05) is 12.2 Å². The Bertz CT molecular complexity index is 746. The number of carboxylic acids is 1. The van der Waals surface area contributed by atoms with Gasteiger partial charge < -0.3 is 14.6 Å². The van der Waals surface area contributed by atoms with Gasteiger partial charge in [-0.1, -0.05) is 52.7 Å². The largest absolute Gasteiger partial charge is 0.478 e. The topological polar surface area (TPSA) is 55.8 Å². The fraction of sp³-hybridized carbons (Fsp3) is 0.633. The van der Waals surface area contributed by atoms with Gasteiger partial charge in [0.25, 0.3) is 0 Å². The van der Waals surface area contributed by atoms with Crippen LogP contribution in [0.5, 0.6) is 0 Å². The molecule has 4 nitrogen and oxygen atoms in total. The summed E-state index contributed by atoms with van der Waals surface area (Å²) >= 11 is 0. The van der Waals surface area contributed by atoms with Crippen LogP contribution >= 0.6 is 0 Å². The number of allylic oxidation sites excluding steroid dienone is 8. The van der Waals surface area contributed by atoms with Gasteiger partial charge in [0.2, 0.25) is 0 Å². The zero-order chi connectivity index (χ0) is 25.2. The van der Waals surface area contributed by atoms with Crippen LogP contribution in [0, 0.1) is 0 Å². The van der Waals surface area contributed by atoms with Crippen molar-refractivity contribution in [3.63, 3.8) is 0 Å². The van der Waals surface area contributed by atoms with Crippen molar-refractivity contribution >= 4 is 5.97 Å². The van der Waals surface area contributed by atoms with Crippen LogP contribution in [0.15, 0.2) is 58.2 Å². The van der Waals surface area contributed by atoms with Crippen molar-refractivity contribution in [2.24, 2.45) is 0 Å². The number of ether oxygens (including phenoxy) is 2. The van der Waals surface area contributed by atoms with Crippen molar-refractivity contribution < 1.29 is 19.4 Å². The Morgan fingerprint density at radius 1 is 0.765 bits per heavy atom. The van der Waals surface area contributed by atoms with Crippen molar-refractivity contribution in [1.29, 1.82) is 0 Å². The van der Waals surface area contributed by atoms with Crippen LogP contribution in [0.1, 0.15) is 105 Å². The lowest BCUT2D eigenvalue weighted by Gasteiger charge is -2.22. The minimum absolute atomic E-state index is 0.00584. The third kappa shape index (κ3) is 15.8. The van der Waals surface area contributed by atoms with E-state index in [0.717, 1.165) is 70.8 Å². The summed E-state index contributed by atoms with van der Waals surface area (Å²) in [6.45, 7) is 11.9. The van der Waals surface area contributed by atoms with E-state index in [1.165, 1.54) is 28.7 Å². The highest BCUT2D eigenvalue weighted by atomic mass is 16.7. The molecule has 1 aliphatic heterocycles. The molecule has 0 aromatic rings. The van der Waals surface area contributed by atoms with E-state index in [1.54, 1.807) is 13.0 Å². The SMILES string of the molecule is CC(=CCCC(C)=CCCC(C)=CCOC1CCCCO1)CCC=C(C)CCC=C(C)C(=O)O. The quantitative estimate of drug-likeness (QED) is 0.181. The lowest BCUT2D eigenvalue weighted by atomic mass is 10.0. The first kappa shape index (κ1) is 30.1. The molecule has 0 radical (unpaired) electrons. The normalized spacial score (nSPS) is 19.0. The average molecular weight is 473 g/mol. The fourth-order valence-corrected chi connectivity index (χ4v) is 3.79. The number of carbonyl (C=O) groups is 1. The molecule has 1 heterocycles. The second-order valence-corrected chi connectivity index (χ2v) is 9.68. The zero-order valence-corrected chi connectivity index (χ0v) is 22.3. The molecule has 1 fully saturated rings. The van der Waals surface area contributed by atoms with E-state index in [9.17, 15) is 4.79 Å². The van der Waals surface area contributed by atoms with Gasteiger partial charge in [-0.2, -0.15) is 0 Å². The van der Waals surface area contributed by atoms with E-state index in [0.29, 0.717) is 12.2 Å². The van der Waals surface area contributed by atoms with E-state index in [1.807, 2.05) is 0 Å². The Hall–Kier alpha value is -1.91. The van der Waals surface area contributed by atoms with Gasteiger partial charge in [-0.15, -0.1) is 0 Å². The summed E-state index contributed by atoms with van der Waals surface area (Å²) in [4.78, 5) is 10.8. The molecular weight excluding hydrogens is 424 g/mol. The lowest BCUT2D eigenvalue weighted by Crippen LogP contribution is -2.22. The van der Waals surface area contributed by atoms with Crippen molar-refractivity contribution in [3.05, 3.63) is 58.2 Å². The predicted octanol–water partition coefficient (Wildman–Crippen LogP) is 8.47. The highest BCUT2D eigenvalue weighted by Crippen LogP contribution is 2.16. The summed E-state index contributed by atoms with van der Waals surface area (Å²) in [5, 5.41) is 8.88. The van der Waals surface area contributed by atoms with Gasteiger partial charge in [-0.3, -0.25) is 0 Å². The first-order valence-corrected chi connectivity index (χ1v) is 13.0. The summed E-state index contributed by atoms with van der Waals surface area (Å²) in [7, 11) is 0. The lowest BCUT2D eigenvalue weighted by molar-refractivity contribution is -0.155. The third-order valence-corrected chi connectivity index (χ3v) is 6.27. The first-order chi connectivity index (χ1) is 16.3. The van der Waals surface area contributed by atoms with E-state index >= 15 is 0 Å². The molecule has 1 atom stereocenters. The molecule has 0 aliphatic carbocycles. The monoisotopic (exact) mass is 472 g/mol. The van der Waals surface area contributed by atoms with E-state index in [4.69, 9.17) is 14.6 Å². The Labute approximate surface area is 208 Å². The smallest absolute Gasteiger partial charge is 0.330 e. The standard InChI is InChI=1S/C30H48O4/c1-24(14-9-15-26(3)18-11-19-28(5)30(31)32)12-8-13-25(2)16-10-17-27(4)21-23-34-29-20-6-7-22-33-29/h12,15-16,19,21,29H,6-11,13-14,17-18,20,22-23H2,1-5H3,(H,31,32). The molecule has 0 aromatic heterocycles. The molecule has 0 aromatic carbocycles. The Balaban J connectivity index is 2.18. The first-order valence-electron chi connectivity index (χ1n) is 13.0. The number of hydrogen-bond donors (Lipinski definition) is 1. The molecule has 34 heavy (non-hydrogen) atoms. The Kier molecular flexibility index (Phi) is 16.3. The molecule has 1 rings (SSSR count). The van der Waals surface area contributed by atoms with Crippen molar-refractivity contribution in [2.75, 3.05) is 13.2 Å². The molecule has 0 bridgehead atoms. The molecule has 0 spiro atoms. The molecular formula is C30H48O4. The summed E-state index contributed by atoms with van der Waals surface area (Å²) in [6.07, 6.45) is 22.6. The Morgan fingerprint density at radius 3 is 1.68 bits per heavy atom. The van der Waals surface area contributed by atoms with Crippen LogP contribution in [0.2, 0.25) is 0 Å². The highest BCUT2D eigenvalue weighted by Gasteiger charge is 2.12. The summed E-state index contributed by atoms with van der Waals surface area (Å²) in [5.41, 5.74) is 6.05. The zero-order valence-electron chi connectivity index (χ0n) is 22.3. The number of rotatable bonds is 16. The van der Waals surface area contributed by atoms with Crippen LogP contribution in [0.3, 0.4) is 0 Å². The molecule has 1 unspecified atom stereocenters. The van der Waals surface area contributed by atoms with Crippen LogP contribution in [-0.4, -0.2) is 30.6 Å². The van der Waals surface area contributed by atoms with Crippen molar-refractivity contribution in [3.8, 4) is 0 Å². The number of hydrogen-bond acceptors (Lipinski definition) is 3. The molecule has 192 valence electrons. The third-order valence-electron chi connectivity index (χ3n) is 6.27. The molecule has 1 saturated heterocycles. The predicted molar refractivity (Wildman–Crippen MR) is 143 cm³/mol. The van der Waals surface area contributed by atoms with Crippen molar-refractivity contribution in [1.82, 2.24) is 0 Å². The number of carboxylic acid groups (broad SMARTS) is 1. The molecule has 0 amide bonds. The van der Waals surface area contributed by atoms with E-state index in [-0.39, 0.29) is 6.29 Å². The molecule has 4 heteroatoms. The number of aliphatic carboxylic acids is 1. The van der Waals surface area contributed by atoms with Gasteiger partial charge in [0.1, 0.15) is 0 Å². The minimum atomic E-state index is -0.828. The second-order valence-electron chi connectivity index (χ2n) is 9.68. The van der Waals surface area contributed by atoms with Gasteiger partial charge in [0.15, 0.2) is 6.29 Å². The van der Waals surface area contributed by atoms with Gasteiger partial charge in [-0.05, 0) is 105 Å². The maximum atomic E-state index is 10.8. The summed E-state index contributed by atoms with van der Waals surface area (Å²) in [6, 6.07) is 0. The fourth-order valence-electron chi connectivity index (χ4n) is 3.79. The second kappa shape index (κ2) is 18.4. The van der Waals surface area contributed by atoms with Crippen LogP contribution in [-0.2, 0) is 14.3 Å². The maximum Gasteiger partial charge on any atom is 0.330 e. The van der Waals surface area contributed by atoms with E-state index in [2.05, 4.69) is 52.0 Å². The molecule has 0 saturated carbocycles. The van der Waals surface area contributed by atoms with Crippen molar-refractivity contribution in [2.45, 2.75) is 112 Å². The Morgan fingerprint density at radius 2 is 1.24 bits per heavy atom. The van der Waals surface area contributed by atoms with Crippen LogP contribution < -0.4 is 0 Å². The average Bonchev–Trinajstić information content (AvgIpc) is 2.79. The summed E-state index contributed by atoms with van der Waals surface area (Å²) < 4.78 is 11.4. The van der Waals surface area contributed by atoms with Gasteiger partial charge >= 0.3 is 5.97 Å². The minimum Gasteiger partial charge on any atom is -0.478 e. The van der Waals surface area contributed by atoms with Crippen LogP contribution in [0.4, 0.5) is 0 Å².